The van der Waals surface area contributed by atoms with Gasteiger partial charge >= 0.3 is 5.97 Å². The number of carboxylic acid groups (broad SMARTS) is 1. The molecule has 0 atom stereocenters. The van der Waals surface area contributed by atoms with Gasteiger partial charge in [0.2, 0.25) is 0 Å². The molecule has 98 valence electrons. The average molecular weight is 253 g/mol. The fourth-order valence-electron chi connectivity index (χ4n) is 1.92. The molecule has 0 saturated carbocycles. The van der Waals surface area contributed by atoms with Crippen molar-refractivity contribution in [2.24, 2.45) is 0 Å². The fraction of sp³-hybridized carbons (Fsp3) is 0.545. The molecule has 2 rings (SSSR count). The highest BCUT2D eigenvalue weighted by molar-refractivity contribution is 6.03. The summed E-state index contributed by atoms with van der Waals surface area (Å²) in [4.78, 5) is 25.0. The van der Waals surface area contributed by atoms with Crippen LogP contribution in [0.1, 0.15) is 27.8 Å². The van der Waals surface area contributed by atoms with Crippen molar-refractivity contribution >= 4 is 11.9 Å². The number of hydrogen-bond donors (Lipinski definition) is 1. The molecule has 0 aromatic carbocycles. The minimum Gasteiger partial charge on any atom is -0.478 e. The van der Waals surface area contributed by atoms with Crippen LogP contribution in [0.4, 0.5) is 0 Å². The van der Waals surface area contributed by atoms with Gasteiger partial charge in [0.1, 0.15) is 11.3 Å². The van der Waals surface area contributed by atoms with Crippen LogP contribution in [0, 0.1) is 0 Å². The number of aromatic carboxylic acids is 1. The number of nitrogens with zero attached hydrogens (tertiary/aromatic N) is 3. The lowest BCUT2D eigenvalue weighted by molar-refractivity contribution is 0.0292. The maximum absolute atomic E-state index is 12.3. The van der Waals surface area contributed by atoms with Gasteiger partial charge in [-0.25, -0.2) is 4.79 Å². The van der Waals surface area contributed by atoms with Crippen molar-refractivity contribution in [1.29, 1.82) is 0 Å². The Kier molecular flexibility index (Phi) is 3.61. The molecule has 1 aromatic heterocycles. The zero-order chi connectivity index (χ0) is 13.1. The average Bonchev–Trinajstić information content (AvgIpc) is 2.82. The van der Waals surface area contributed by atoms with Crippen LogP contribution in [0.15, 0.2) is 6.20 Å². The second-order valence-corrected chi connectivity index (χ2v) is 3.93. The summed E-state index contributed by atoms with van der Waals surface area (Å²) >= 11 is 0. The van der Waals surface area contributed by atoms with E-state index in [1.54, 1.807) is 4.90 Å². The summed E-state index contributed by atoms with van der Waals surface area (Å²) in [6, 6.07) is 0. The molecule has 1 aromatic rings. The van der Waals surface area contributed by atoms with E-state index in [4.69, 9.17) is 9.84 Å². The second-order valence-electron chi connectivity index (χ2n) is 3.93. The zero-order valence-corrected chi connectivity index (χ0v) is 10.1. The molecule has 1 aliphatic rings. The predicted octanol–water partition coefficient (Wildman–Crippen LogP) is 0.0736. The molecule has 1 aliphatic heterocycles. The number of carbonyl (C=O) groups is 2. The number of carbonyl (C=O) groups excluding carboxylic acids is 1. The third-order valence-corrected chi connectivity index (χ3v) is 2.87. The van der Waals surface area contributed by atoms with Crippen molar-refractivity contribution in [3.8, 4) is 0 Å². The normalized spacial score (nSPS) is 15.7. The van der Waals surface area contributed by atoms with E-state index in [-0.39, 0.29) is 17.2 Å². The lowest BCUT2D eigenvalue weighted by Crippen LogP contribution is -2.42. The van der Waals surface area contributed by atoms with Crippen LogP contribution in [0.5, 0.6) is 0 Å². The Morgan fingerprint density at radius 2 is 2.11 bits per heavy atom. The summed E-state index contributed by atoms with van der Waals surface area (Å²) in [6.45, 7) is 4.19. The molecule has 1 N–H and O–H groups in total. The molecule has 0 unspecified atom stereocenters. The van der Waals surface area contributed by atoms with Crippen molar-refractivity contribution in [3.63, 3.8) is 0 Å². The Bertz CT molecular complexity index is 463. The highest BCUT2D eigenvalue weighted by atomic mass is 16.5. The largest absolute Gasteiger partial charge is 0.478 e. The first-order valence-corrected chi connectivity index (χ1v) is 5.81. The van der Waals surface area contributed by atoms with Crippen LogP contribution < -0.4 is 0 Å². The summed E-state index contributed by atoms with van der Waals surface area (Å²) in [7, 11) is 0. The Hall–Kier alpha value is -1.89. The van der Waals surface area contributed by atoms with E-state index in [0.717, 1.165) is 0 Å². The first-order chi connectivity index (χ1) is 8.65. The van der Waals surface area contributed by atoms with Crippen molar-refractivity contribution in [1.82, 2.24) is 14.7 Å². The summed E-state index contributed by atoms with van der Waals surface area (Å²) < 4.78 is 6.59. The van der Waals surface area contributed by atoms with E-state index < -0.39 is 5.97 Å². The number of morpholine rings is 1. The summed E-state index contributed by atoms with van der Waals surface area (Å²) in [5.41, 5.74) is 0.0974. The quantitative estimate of drug-likeness (QED) is 0.824. The number of ether oxygens (including phenoxy) is 1. The highest BCUT2D eigenvalue weighted by Crippen LogP contribution is 2.13. The number of carboxylic acids is 1. The van der Waals surface area contributed by atoms with Crippen molar-refractivity contribution in [2.45, 2.75) is 13.5 Å². The van der Waals surface area contributed by atoms with E-state index in [2.05, 4.69) is 5.10 Å². The molecule has 0 aliphatic carbocycles. The van der Waals surface area contributed by atoms with Crippen LogP contribution >= 0.6 is 0 Å². The zero-order valence-electron chi connectivity index (χ0n) is 10.1. The molecule has 18 heavy (non-hydrogen) atoms. The molecule has 7 heteroatoms. The molecule has 0 bridgehead atoms. The van der Waals surface area contributed by atoms with E-state index in [1.807, 2.05) is 6.92 Å². The Morgan fingerprint density at radius 3 is 2.67 bits per heavy atom. The van der Waals surface area contributed by atoms with E-state index in [0.29, 0.717) is 32.8 Å². The molecule has 1 amide bonds. The Morgan fingerprint density at radius 1 is 1.44 bits per heavy atom. The van der Waals surface area contributed by atoms with Gasteiger partial charge in [-0.15, -0.1) is 0 Å². The van der Waals surface area contributed by atoms with Crippen LogP contribution in [0.3, 0.4) is 0 Å². The van der Waals surface area contributed by atoms with Gasteiger partial charge in [0.05, 0.1) is 19.4 Å². The molecule has 0 radical (unpaired) electrons. The molecule has 0 spiro atoms. The summed E-state index contributed by atoms with van der Waals surface area (Å²) in [6.07, 6.45) is 1.22. The third-order valence-electron chi connectivity index (χ3n) is 2.87. The standard InChI is InChI=1S/C11H15N3O4/c1-2-14-9(8(7-12-14)11(16)17)10(15)13-3-5-18-6-4-13/h7H,2-6H2,1H3,(H,16,17). The van der Waals surface area contributed by atoms with Gasteiger partial charge in [0.15, 0.2) is 0 Å². The third kappa shape index (κ3) is 2.21. The number of rotatable bonds is 3. The highest BCUT2D eigenvalue weighted by Gasteiger charge is 2.27. The Balaban J connectivity index is 2.32. The Labute approximate surface area is 104 Å². The molecule has 1 fully saturated rings. The van der Waals surface area contributed by atoms with Gasteiger partial charge in [-0.05, 0) is 6.92 Å². The molecular formula is C11H15N3O4. The lowest BCUT2D eigenvalue weighted by atomic mass is 10.2. The number of amides is 1. The fourth-order valence-corrected chi connectivity index (χ4v) is 1.92. The van der Waals surface area contributed by atoms with Crippen molar-refractivity contribution < 1.29 is 19.4 Å². The molecule has 7 nitrogen and oxygen atoms in total. The molecular weight excluding hydrogens is 238 g/mol. The minimum absolute atomic E-state index is 0.0478. The van der Waals surface area contributed by atoms with Gasteiger partial charge in [-0.1, -0.05) is 0 Å². The van der Waals surface area contributed by atoms with Crippen molar-refractivity contribution in [3.05, 3.63) is 17.5 Å². The monoisotopic (exact) mass is 253 g/mol. The first-order valence-electron chi connectivity index (χ1n) is 5.81. The van der Waals surface area contributed by atoms with E-state index in [9.17, 15) is 9.59 Å². The maximum atomic E-state index is 12.3. The van der Waals surface area contributed by atoms with Crippen LogP contribution in [-0.4, -0.2) is 58.0 Å². The lowest BCUT2D eigenvalue weighted by Gasteiger charge is -2.27. The summed E-state index contributed by atoms with van der Waals surface area (Å²) in [5, 5.41) is 13.0. The summed E-state index contributed by atoms with van der Waals surface area (Å²) in [5.74, 6) is -1.43. The second kappa shape index (κ2) is 5.18. The van der Waals surface area contributed by atoms with Gasteiger partial charge in [-0.3, -0.25) is 9.48 Å². The predicted molar refractivity (Wildman–Crippen MR) is 61.6 cm³/mol. The van der Waals surface area contributed by atoms with Gasteiger partial charge in [0.25, 0.3) is 5.91 Å². The molecule has 2 heterocycles. The SMILES string of the molecule is CCn1ncc(C(=O)O)c1C(=O)N1CCOCC1. The van der Waals surface area contributed by atoms with E-state index in [1.165, 1.54) is 10.9 Å². The van der Waals surface area contributed by atoms with Gasteiger partial charge in [0, 0.05) is 19.6 Å². The smallest absolute Gasteiger partial charge is 0.339 e. The number of hydrogen-bond acceptors (Lipinski definition) is 4. The number of aromatic nitrogens is 2. The van der Waals surface area contributed by atoms with Crippen LogP contribution in [0.25, 0.3) is 0 Å². The number of aryl methyl sites for hydroxylation is 1. The minimum atomic E-state index is -1.13. The van der Waals surface area contributed by atoms with Crippen molar-refractivity contribution in [2.75, 3.05) is 26.3 Å². The topological polar surface area (TPSA) is 84.7 Å². The van der Waals surface area contributed by atoms with Gasteiger partial charge < -0.3 is 14.7 Å². The van der Waals surface area contributed by atoms with Gasteiger partial charge in [-0.2, -0.15) is 5.10 Å². The van der Waals surface area contributed by atoms with E-state index >= 15 is 0 Å². The van der Waals surface area contributed by atoms with Crippen LogP contribution in [0.2, 0.25) is 0 Å². The maximum Gasteiger partial charge on any atom is 0.339 e. The molecule has 1 saturated heterocycles. The van der Waals surface area contributed by atoms with Crippen LogP contribution in [-0.2, 0) is 11.3 Å². The first kappa shape index (κ1) is 12.6.